The highest BCUT2D eigenvalue weighted by Crippen LogP contribution is 2.34. The highest BCUT2D eigenvalue weighted by molar-refractivity contribution is 7.80. The van der Waals surface area contributed by atoms with Crippen molar-refractivity contribution in [3.8, 4) is 17.1 Å². The Morgan fingerprint density at radius 2 is 1.85 bits per heavy atom. The lowest BCUT2D eigenvalue weighted by Gasteiger charge is -2.28. The minimum Gasteiger partial charge on any atom is -0.496 e. The fourth-order valence-electron chi connectivity index (χ4n) is 3.30. The fraction of sp³-hybridized carbons (Fsp3) is 0.0870. The van der Waals surface area contributed by atoms with Crippen LogP contribution >= 0.6 is 12.2 Å². The van der Waals surface area contributed by atoms with Crippen LogP contribution in [-0.4, -0.2) is 29.0 Å². The van der Waals surface area contributed by atoms with Gasteiger partial charge in [0.1, 0.15) is 22.8 Å². The van der Waals surface area contributed by atoms with Crippen LogP contribution in [0.15, 0.2) is 64.6 Å². The van der Waals surface area contributed by atoms with Gasteiger partial charge in [-0.05, 0) is 55.5 Å². The minimum absolute atomic E-state index is 0.0123. The van der Waals surface area contributed by atoms with Crippen LogP contribution in [0.3, 0.4) is 0 Å². The Morgan fingerprint density at radius 1 is 1.12 bits per heavy atom. The first-order chi connectivity index (χ1) is 15.8. The lowest BCUT2D eigenvalue weighted by molar-refractivity contribution is -0.384. The van der Waals surface area contributed by atoms with E-state index in [1.54, 1.807) is 24.3 Å². The summed E-state index contributed by atoms with van der Waals surface area (Å²) in [5.41, 5.74) is 1.74. The number of anilines is 1. The van der Waals surface area contributed by atoms with E-state index in [0.717, 1.165) is 5.56 Å². The summed E-state index contributed by atoms with van der Waals surface area (Å²) in [5.74, 6) is -0.387. The second kappa shape index (κ2) is 8.67. The second-order valence-corrected chi connectivity index (χ2v) is 7.52. The van der Waals surface area contributed by atoms with Gasteiger partial charge in [-0.2, -0.15) is 0 Å². The molecule has 3 aromatic rings. The molecular weight excluding hydrogens is 446 g/mol. The summed E-state index contributed by atoms with van der Waals surface area (Å²) >= 11 is 5.20. The monoisotopic (exact) mass is 463 g/mol. The maximum Gasteiger partial charge on any atom is 0.273 e. The Bertz CT molecular complexity index is 1330. The highest BCUT2D eigenvalue weighted by Gasteiger charge is 2.34. The topological polar surface area (TPSA) is 115 Å². The maximum atomic E-state index is 13.1. The van der Waals surface area contributed by atoms with E-state index >= 15 is 0 Å². The van der Waals surface area contributed by atoms with Gasteiger partial charge in [-0.1, -0.05) is 17.7 Å². The molecule has 0 bridgehead atoms. The zero-order valence-corrected chi connectivity index (χ0v) is 18.3. The van der Waals surface area contributed by atoms with Crippen LogP contribution in [0.5, 0.6) is 5.75 Å². The van der Waals surface area contributed by atoms with Gasteiger partial charge in [0.05, 0.1) is 29.4 Å². The average Bonchev–Trinajstić information content (AvgIpc) is 3.25. The largest absolute Gasteiger partial charge is 0.496 e. The zero-order chi connectivity index (χ0) is 23.7. The van der Waals surface area contributed by atoms with Crippen LogP contribution in [0.4, 0.5) is 11.4 Å². The number of hydrogen-bond acceptors (Lipinski definition) is 7. The molecule has 0 saturated carbocycles. The van der Waals surface area contributed by atoms with E-state index in [0.29, 0.717) is 17.0 Å². The van der Waals surface area contributed by atoms with E-state index in [9.17, 15) is 19.7 Å². The number of thiocarbonyl (C=S) groups is 1. The Balaban J connectivity index is 1.67. The van der Waals surface area contributed by atoms with Crippen molar-refractivity contribution in [3.63, 3.8) is 0 Å². The third kappa shape index (κ3) is 4.23. The van der Waals surface area contributed by atoms with Crippen LogP contribution in [0.2, 0.25) is 0 Å². The number of nitrogens with one attached hydrogen (secondary N) is 1. The van der Waals surface area contributed by atoms with Crippen LogP contribution in [0.1, 0.15) is 11.3 Å². The summed E-state index contributed by atoms with van der Waals surface area (Å²) in [6.45, 7) is 1.92. The van der Waals surface area contributed by atoms with Crippen LogP contribution in [0.25, 0.3) is 17.4 Å². The van der Waals surface area contributed by atoms with E-state index < -0.39 is 16.7 Å². The molecule has 0 spiro atoms. The number of nitro groups is 1. The number of non-ortho nitro benzene ring substituents is 1. The van der Waals surface area contributed by atoms with Crippen molar-refractivity contribution in [2.45, 2.75) is 6.92 Å². The number of hydrogen-bond donors (Lipinski definition) is 1. The van der Waals surface area contributed by atoms with E-state index in [4.69, 9.17) is 21.4 Å². The third-order valence-electron chi connectivity index (χ3n) is 4.97. The molecule has 0 aliphatic carbocycles. The van der Waals surface area contributed by atoms with Crippen molar-refractivity contribution in [2.75, 3.05) is 12.0 Å². The summed E-state index contributed by atoms with van der Waals surface area (Å²) in [6.07, 6.45) is 1.32. The SMILES string of the molecule is COc1cc([N+](=O)[O-])ccc1-c1ccc(/C=C2\C(=O)NC(=S)N(c3ccc(C)cc3)C2=O)o1. The summed E-state index contributed by atoms with van der Waals surface area (Å²) in [5, 5.41) is 13.5. The van der Waals surface area contributed by atoms with E-state index in [1.807, 2.05) is 19.1 Å². The first kappa shape index (κ1) is 21.9. The molecule has 4 rings (SSSR count). The number of nitro benzene ring substituents is 1. The van der Waals surface area contributed by atoms with Crippen molar-refractivity contribution >= 4 is 46.6 Å². The Labute approximate surface area is 193 Å². The van der Waals surface area contributed by atoms with Crippen LogP contribution in [0, 0.1) is 17.0 Å². The minimum atomic E-state index is -0.640. The number of aryl methyl sites for hydroxylation is 1. The molecule has 1 aliphatic heterocycles. The molecule has 1 N–H and O–H groups in total. The van der Waals surface area contributed by atoms with Gasteiger partial charge < -0.3 is 9.15 Å². The van der Waals surface area contributed by atoms with Crippen molar-refractivity contribution in [3.05, 3.63) is 81.6 Å². The summed E-state index contributed by atoms with van der Waals surface area (Å²) in [4.78, 5) is 37.3. The molecular formula is C23H17N3O6S. The van der Waals surface area contributed by atoms with Crippen LogP contribution in [-0.2, 0) is 9.59 Å². The van der Waals surface area contributed by atoms with Gasteiger partial charge in [-0.3, -0.25) is 29.9 Å². The quantitative estimate of drug-likeness (QED) is 0.200. The molecule has 2 amide bonds. The van der Waals surface area contributed by atoms with Gasteiger partial charge in [0.15, 0.2) is 5.11 Å². The fourth-order valence-corrected chi connectivity index (χ4v) is 3.58. The van der Waals surface area contributed by atoms with E-state index in [1.165, 1.54) is 36.3 Å². The molecule has 9 nitrogen and oxygen atoms in total. The van der Waals surface area contributed by atoms with Crippen molar-refractivity contribution in [2.24, 2.45) is 0 Å². The predicted molar refractivity (Wildman–Crippen MR) is 125 cm³/mol. The van der Waals surface area contributed by atoms with Crippen molar-refractivity contribution < 1.29 is 23.7 Å². The Kier molecular flexibility index (Phi) is 5.76. The molecule has 2 heterocycles. The Morgan fingerprint density at radius 3 is 2.52 bits per heavy atom. The molecule has 33 heavy (non-hydrogen) atoms. The second-order valence-electron chi connectivity index (χ2n) is 7.14. The molecule has 1 aliphatic rings. The number of nitrogens with zero attached hydrogens (tertiary/aromatic N) is 2. The van der Waals surface area contributed by atoms with Gasteiger partial charge in [0, 0.05) is 6.07 Å². The lowest BCUT2D eigenvalue weighted by Crippen LogP contribution is -2.54. The summed E-state index contributed by atoms with van der Waals surface area (Å²) < 4.78 is 11.0. The number of ether oxygens (including phenoxy) is 1. The zero-order valence-electron chi connectivity index (χ0n) is 17.5. The van der Waals surface area contributed by atoms with Gasteiger partial charge in [0.2, 0.25) is 0 Å². The molecule has 0 unspecified atom stereocenters. The molecule has 1 aromatic heterocycles. The molecule has 0 radical (unpaired) electrons. The lowest BCUT2D eigenvalue weighted by atomic mass is 10.1. The van der Waals surface area contributed by atoms with Gasteiger partial charge in [-0.25, -0.2) is 0 Å². The van der Waals surface area contributed by atoms with Crippen molar-refractivity contribution in [1.29, 1.82) is 0 Å². The number of benzene rings is 2. The number of rotatable bonds is 5. The Hall–Kier alpha value is -4.31. The summed E-state index contributed by atoms with van der Waals surface area (Å²) in [6, 6.07) is 14.5. The third-order valence-corrected chi connectivity index (χ3v) is 5.25. The number of furan rings is 1. The maximum absolute atomic E-state index is 13.1. The van der Waals surface area contributed by atoms with E-state index in [2.05, 4.69) is 5.32 Å². The molecule has 166 valence electrons. The van der Waals surface area contributed by atoms with E-state index in [-0.39, 0.29) is 27.9 Å². The number of methoxy groups -OCH3 is 1. The highest BCUT2D eigenvalue weighted by atomic mass is 32.1. The molecule has 2 aromatic carbocycles. The standard InChI is InChI=1S/C23H17N3O6S/c1-13-3-5-14(6-4-13)25-22(28)18(21(27)24-23(25)33)12-16-8-10-19(32-16)17-9-7-15(26(29)30)11-20(17)31-2/h3-12H,1-2H3,(H,24,27,33)/b18-12+. The molecule has 10 heteroatoms. The van der Waals surface area contributed by atoms with Gasteiger partial charge >= 0.3 is 0 Å². The molecule has 1 fully saturated rings. The van der Waals surface area contributed by atoms with Crippen LogP contribution < -0.4 is 15.0 Å². The number of amides is 2. The summed E-state index contributed by atoms with van der Waals surface area (Å²) in [7, 11) is 1.39. The molecule has 0 atom stereocenters. The number of carbonyl (C=O) groups excluding carboxylic acids is 2. The average molecular weight is 463 g/mol. The van der Waals surface area contributed by atoms with Gasteiger partial charge in [-0.15, -0.1) is 0 Å². The number of carbonyl (C=O) groups is 2. The van der Waals surface area contributed by atoms with Gasteiger partial charge in [0.25, 0.3) is 17.5 Å². The smallest absolute Gasteiger partial charge is 0.273 e. The first-order valence-electron chi connectivity index (χ1n) is 9.69. The first-order valence-corrected chi connectivity index (χ1v) is 10.1. The van der Waals surface area contributed by atoms with Crippen molar-refractivity contribution in [1.82, 2.24) is 5.32 Å². The molecule has 1 saturated heterocycles. The normalized spacial score (nSPS) is 15.0. The predicted octanol–water partition coefficient (Wildman–Crippen LogP) is 4.00.